The van der Waals surface area contributed by atoms with E-state index < -0.39 is 0 Å². The summed E-state index contributed by atoms with van der Waals surface area (Å²) >= 11 is 0. The van der Waals surface area contributed by atoms with Crippen LogP contribution in [0.15, 0.2) is 54.7 Å². The van der Waals surface area contributed by atoms with Crippen LogP contribution in [0, 0.1) is 0 Å². The Balaban J connectivity index is 1.24. The number of fused-ring (bicyclic) bond motifs is 2. The molecule has 2 aromatic carbocycles. The minimum atomic E-state index is 0.0461. The molecule has 6 nitrogen and oxygen atoms in total. The van der Waals surface area contributed by atoms with Crippen molar-refractivity contribution in [3.05, 3.63) is 65.9 Å². The summed E-state index contributed by atoms with van der Waals surface area (Å²) in [4.78, 5) is 21.7. The third-order valence-electron chi connectivity index (χ3n) is 5.39. The summed E-state index contributed by atoms with van der Waals surface area (Å²) in [7, 11) is 0. The van der Waals surface area contributed by atoms with Crippen LogP contribution in [-0.2, 0) is 6.54 Å². The molecule has 0 N–H and O–H groups in total. The zero-order valence-electron chi connectivity index (χ0n) is 15.5. The maximum Gasteiger partial charge on any atom is 0.254 e. The number of aromatic nitrogens is 1. The quantitative estimate of drug-likeness (QED) is 0.705. The highest BCUT2D eigenvalue weighted by molar-refractivity contribution is 5.95. The SMILES string of the molecule is O=C(c1ccc2c(c1)OCO2)N1CCN(Cc2cccc3cccnc23)CC1. The fraction of sp³-hybridized carbons (Fsp3) is 0.273. The maximum atomic E-state index is 12.8. The lowest BCUT2D eigenvalue weighted by atomic mass is 10.1. The predicted molar refractivity (Wildman–Crippen MR) is 105 cm³/mol. The van der Waals surface area contributed by atoms with E-state index in [1.807, 2.05) is 23.2 Å². The molecule has 5 rings (SSSR count). The summed E-state index contributed by atoms with van der Waals surface area (Å²) < 4.78 is 10.7. The number of carbonyl (C=O) groups is 1. The second kappa shape index (κ2) is 7.13. The molecule has 0 spiro atoms. The first-order chi connectivity index (χ1) is 13.8. The number of nitrogens with zero attached hydrogens (tertiary/aromatic N) is 3. The molecule has 0 radical (unpaired) electrons. The van der Waals surface area contributed by atoms with E-state index in [9.17, 15) is 4.79 Å². The van der Waals surface area contributed by atoms with Crippen LogP contribution in [-0.4, -0.2) is 53.7 Å². The van der Waals surface area contributed by atoms with Crippen molar-refractivity contribution < 1.29 is 14.3 Å². The third kappa shape index (κ3) is 3.16. The second-order valence-corrected chi connectivity index (χ2v) is 7.13. The normalized spacial score (nSPS) is 16.5. The Labute approximate surface area is 163 Å². The molecule has 0 aliphatic carbocycles. The van der Waals surface area contributed by atoms with Gasteiger partial charge in [-0.05, 0) is 29.8 Å². The minimum absolute atomic E-state index is 0.0461. The van der Waals surface area contributed by atoms with E-state index in [2.05, 4.69) is 34.1 Å². The first kappa shape index (κ1) is 17.0. The first-order valence-corrected chi connectivity index (χ1v) is 9.52. The lowest BCUT2D eigenvalue weighted by Crippen LogP contribution is -2.48. The van der Waals surface area contributed by atoms with Crippen LogP contribution in [0.3, 0.4) is 0 Å². The van der Waals surface area contributed by atoms with Gasteiger partial charge in [0.1, 0.15) is 0 Å². The van der Waals surface area contributed by atoms with Crippen LogP contribution < -0.4 is 9.47 Å². The number of pyridine rings is 1. The van der Waals surface area contributed by atoms with Gasteiger partial charge in [-0.25, -0.2) is 0 Å². The van der Waals surface area contributed by atoms with Gasteiger partial charge in [0.15, 0.2) is 11.5 Å². The van der Waals surface area contributed by atoms with Gasteiger partial charge >= 0.3 is 0 Å². The second-order valence-electron chi connectivity index (χ2n) is 7.13. The number of rotatable bonds is 3. The average molecular weight is 375 g/mol. The molecule has 2 aliphatic rings. The van der Waals surface area contributed by atoms with Gasteiger partial charge in [-0.1, -0.05) is 24.3 Å². The molecular weight excluding hydrogens is 354 g/mol. The fourth-order valence-electron chi connectivity index (χ4n) is 3.86. The van der Waals surface area contributed by atoms with E-state index in [-0.39, 0.29) is 12.7 Å². The summed E-state index contributed by atoms with van der Waals surface area (Å²) in [6, 6.07) is 15.8. The highest BCUT2D eigenvalue weighted by Gasteiger charge is 2.24. The Morgan fingerprint density at radius 1 is 0.964 bits per heavy atom. The summed E-state index contributed by atoms with van der Waals surface area (Å²) in [5.74, 6) is 1.39. The Morgan fingerprint density at radius 3 is 2.68 bits per heavy atom. The Hall–Kier alpha value is -3.12. The minimum Gasteiger partial charge on any atom is -0.454 e. The standard InChI is InChI=1S/C22H21N3O3/c26-22(17-6-7-19-20(13-17)28-15-27-19)25-11-9-24(10-12-25)14-18-4-1-3-16-5-2-8-23-21(16)18/h1-8,13H,9-12,14-15H2. The van der Waals surface area contributed by atoms with Crippen LogP contribution >= 0.6 is 0 Å². The topological polar surface area (TPSA) is 54.9 Å². The zero-order chi connectivity index (χ0) is 18.9. The van der Waals surface area contributed by atoms with Crippen molar-refractivity contribution in [2.45, 2.75) is 6.54 Å². The van der Waals surface area contributed by atoms with E-state index in [4.69, 9.17) is 9.47 Å². The Kier molecular flexibility index (Phi) is 4.33. The number of ether oxygens (including phenoxy) is 2. The molecule has 3 heterocycles. The van der Waals surface area contributed by atoms with E-state index >= 15 is 0 Å². The van der Waals surface area contributed by atoms with Gasteiger partial charge in [-0.3, -0.25) is 14.7 Å². The Morgan fingerprint density at radius 2 is 1.79 bits per heavy atom. The summed E-state index contributed by atoms with van der Waals surface area (Å²) in [5, 5.41) is 1.16. The van der Waals surface area contributed by atoms with Gasteiger partial charge in [0, 0.05) is 49.9 Å². The van der Waals surface area contributed by atoms with E-state index in [0.29, 0.717) is 30.2 Å². The molecule has 1 saturated heterocycles. The first-order valence-electron chi connectivity index (χ1n) is 9.52. The van der Waals surface area contributed by atoms with Crippen molar-refractivity contribution in [2.75, 3.05) is 33.0 Å². The van der Waals surface area contributed by atoms with Crippen LogP contribution in [0.2, 0.25) is 0 Å². The van der Waals surface area contributed by atoms with Crippen LogP contribution in [0.1, 0.15) is 15.9 Å². The number of piperazine rings is 1. The molecule has 6 heteroatoms. The molecule has 1 fully saturated rings. The molecule has 28 heavy (non-hydrogen) atoms. The molecule has 1 amide bonds. The number of amides is 1. The zero-order valence-corrected chi connectivity index (χ0v) is 15.5. The highest BCUT2D eigenvalue weighted by atomic mass is 16.7. The van der Waals surface area contributed by atoms with Crippen LogP contribution in [0.4, 0.5) is 0 Å². The molecule has 0 bridgehead atoms. The molecule has 2 aliphatic heterocycles. The van der Waals surface area contributed by atoms with Crippen LogP contribution in [0.5, 0.6) is 11.5 Å². The number of benzene rings is 2. The smallest absolute Gasteiger partial charge is 0.254 e. The summed E-state index contributed by atoms with van der Waals surface area (Å²) in [6.45, 7) is 4.19. The van der Waals surface area contributed by atoms with Gasteiger partial charge in [0.25, 0.3) is 5.91 Å². The van der Waals surface area contributed by atoms with Crippen molar-refractivity contribution in [1.29, 1.82) is 0 Å². The summed E-state index contributed by atoms with van der Waals surface area (Å²) in [6.07, 6.45) is 1.84. The van der Waals surface area contributed by atoms with Crippen molar-refractivity contribution in [2.24, 2.45) is 0 Å². The maximum absolute atomic E-state index is 12.8. The van der Waals surface area contributed by atoms with Crippen molar-refractivity contribution in [3.63, 3.8) is 0 Å². The molecule has 1 aromatic heterocycles. The van der Waals surface area contributed by atoms with Gasteiger partial charge in [0.05, 0.1) is 5.52 Å². The highest BCUT2D eigenvalue weighted by Crippen LogP contribution is 2.33. The van der Waals surface area contributed by atoms with Gasteiger partial charge in [-0.2, -0.15) is 0 Å². The van der Waals surface area contributed by atoms with Gasteiger partial charge in [-0.15, -0.1) is 0 Å². The number of para-hydroxylation sites is 1. The molecule has 142 valence electrons. The lowest BCUT2D eigenvalue weighted by molar-refractivity contribution is 0.0628. The van der Waals surface area contributed by atoms with Gasteiger partial charge in [0.2, 0.25) is 6.79 Å². The third-order valence-corrected chi connectivity index (χ3v) is 5.39. The molecule has 3 aromatic rings. The van der Waals surface area contributed by atoms with Gasteiger partial charge < -0.3 is 14.4 Å². The van der Waals surface area contributed by atoms with E-state index in [1.54, 1.807) is 12.1 Å². The summed E-state index contributed by atoms with van der Waals surface area (Å²) in [5.41, 5.74) is 2.94. The largest absolute Gasteiger partial charge is 0.454 e. The number of hydrogen-bond acceptors (Lipinski definition) is 5. The lowest BCUT2D eigenvalue weighted by Gasteiger charge is -2.35. The monoisotopic (exact) mass is 375 g/mol. The molecule has 0 unspecified atom stereocenters. The fourth-order valence-corrected chi connectivity index (χ4v) is 3.86. The Bertz CT molecular complexity index is 1020. The van der Waals surface area contributed by atoms with Crippen molar-refractivity contribution in [1.82, 2.24) is 14.8 Å². The molecule has 0 atom stereocenters. The van der Waals surface area contributed by atoms with Crippen molar-refractivity contribution >= 4 is 16.8 Å². The van der Waals surface area contributed by atoms with E-state index in [0.717, 1.165) is 30.5 Å². The number of carbonyl (C=O) groups excluding carboxylic acids is 1. The van der Waals surface area contributed by atoms with Crippen LogP contribution in [0.25, 0.3) is 10.9 Å². The molecular formula is C22H21N3O3. The number of hydrogen-bond donors (Lipinski definition) is 0. The van der Waals surface area contributed by atoms with Crippen molar-refractivity contribution in [3.8, 4) is 11.5 Å². The molecule has 0 saturated carbocycles. The average Bonchev–Trinajstić information content (AvgIpc) is 3.22. The predicted octanol–water partition coefficient (Wildman–Crippen LogP) is 2.92. The van der Waals surface area contributed by atoms with E-state index in [1.165, 1.54) is 5.56 Å².